The Bertz CT molecular complexity index is 1930. The lowest BCUT2D eigenvalue weighted by molar-refractivity contribution is -0.274. The molecule has 5 rings (SSSR count). The minimum absolute atomic E-state index is 0.0359. The van der Waals surface area contributed by atoms with Gasteiger partial charge < -0.3 is 40.1 Å². The van der Waals surface area contributed by atoms with Crippen LogP contribution in [-0.4, -0.2) is 125 Å². The maximum atomic E-state index is 14.5. The maximum Gasteiger partial charge on any atom is 0.573 e. The van der Waals surface area contributed by atoms with Crippen molar-refractivity contribution in [1.29, 1.82) is 0 Å². The number of cyclic esters (lactones) is 1. The summed E-state index contributed by atoms with van der Waals surface area (Å²) in [6, 6.07) is -0.972. The van der Waals surface area contributed by atoms with E-state index < -0.39 is 120 Å². The Morgan fingerprint density at radius 2 is 1.46 bits per heavy atom. The number of hydrogen-bond acceptors (Lipinski definition) is 9. The van der Waals surface area contributed by atoms with Gasteiger partial charge >= 0.3 is 12.3 Å². The molecular formula is C39H45F5N6O9. The fraction of sp³-hybridized carbons (Fsp3) is 0.513. The lowest BCUT2D eigenvalue weighted by atomic mass is 10.0. The number of nitrogens with one attached hydrogen (secondary N) is 3. The highest BCUT2D eigenvalue weighted by atomic mass is 19.4. The second kappa shape index (κ2) is 18.4. The molecule has 20 heteroatoms. The number of carbonyl (C=O) groups excluding carboxylic acids is 7. The molecule has 320 valence electrons. The fourth-order valence-corrected chi connectivity index (χ4v) is 7.36. The number of rotatable bonds is 8. The molecule has 15 nitrogen and oxygen atoms in total. The Labute approximate surface area is 335 Å². The predicted octanol–water partition coefficient (Wildman–Crippen LogP) is 1.90. The van der Waals surface area contributed by atoms with E-state index in [-0.39, 0.29) is 37.1 Å². The number of benzene rings is 2. The van der Waals surface area contributed by atoms with Crippen molar-refractivity contribution < 1.29 is 65.0 Å². The summed E-state index contributed by atoms with van der Waals surface area (Å²) >= 11 is 0. The fourth-order valence-electron chi connectivity index (χ4n) is 7.36. The predicted molar refractivity (Wildman–Crippen MR) is 196 cm³/mol. The van der Waals surface area contributed by atoms with Gasteiger partial charge in [-0.2, -0.15) is 0 Å². The Morgan fingerprint density at radius 1 is 0.864 bits per heavy atom. The highest BCUT2D eigenvalue weighted by molar-refractivity contribution is 5.97. The van der Waals surface area contributed by atoms with E-state index in [4.69, 9.17) is 4.74 Å². The van der Waals surface area contributed by atoms with E-state index in [9.17, 15) is 55.5 Å². The zero-order valence-corrected chi connectivity index (χ0v) is 32.6. The van der Waals surface area contributed by atoms with E-state index in [0.717, 1.165) is 29.2 Å². The van der Waals surface area contributed by atoms with E-state index in [1.807, 2.05) is 0 Å². The molecule has 2 aromatic rings. The van der Waals surface area contributed by atoms with E-state index in [0.29, 0.717) is 18.9 Å². The van der Waals surface area contributed by atoms with Crippen molar-refractivity contribution in [3.05, 3.63) is 65.2 Å². The molecule has 0 aromatic heterocycles. The molecule has 0 spiro atoms. The van der Waals surface area contributed by atoms with E-state index in [1.54, 1.807) is 0 Å². The topological polar surface area (TPSA) is 184 Å². The van der Waals surface area contributed by atoms with Crippen molar-refractivity contribution in [3.63, 3.8) is 0 Å². The molecule has 2 aromatic carbocycles. The van der Waals surface area contributed by atoms with Crippen LogP contribution in [-0.2, 0) is 51.1 Å². The number of esters is 1. The Morgan fingerprint density at radius 3 is 2.07 bits per heavy atom. The number of carbonyl (C=O) groups is 7. The van der Waals surface area contributed by atoms with Gasteiger partial charge in [0.1, 0.15) is 59.7 Å². The van der Waals surface area contributed by atoms with Gasteiger partial charge in [-0.15, -0.1) is 13.2 Å². The summed E-state index contributed by atoms with van der Waals surface area (Å²) in [6.45, 7) is 4.40. The number of alkyl halides is 3. The second-order valence-corrected chi connectivity index (χ2v) is 14.8. The molecule has 0 radical (unpaired) electrons. The first-order valence-electron chi connectivity index (χ1n) is 19.0. The molecule has 0 aliphatic carbocycles. The van der Waals surface area contributed by atoms with Gasteiger partial charge in [-0.3, -0.25) is 28.8 Å². The zero-order valence-electron chi connectivity index (χ0n) is 32.6. The largest absolute Gasteiger partial charge is 0.573 e. The first kappa shape index (κ1) is 44.3. The number of amides is 6. The molecule has 3 N–H and O–H groups in total. The van der Waals surface area contributed by atoms with E-state index in [1.165, 1.54) is 49.8 Å². The van der Waals surface area contributed by atoms with E-state index in [2.05, 4.69) is 20.7 Å². The smallest absolute Gasteiger partial charge is 0.458 e. The summed E-state index contributed by atoms with van der Waals surface area (Å²) in [5.74, 6) is -8.06. The number of hydrogen-bond donors (Lipinski definition) is 3. The third-order valence-corrected chi connectivity index (χ3v) is 10.5. The summed E-state index contributed by atoms with van der Waals surface area (Å²) in [6.07, 6.45) is -6.26. The number of halogens is 5. The highest BCUT2D eigenvalue weighted by Gasteiger charge is 2.45. The molecule has 2 unspecified atom stereocenters. The molecule has 3 heterocycles. The SMILES string of the molecule is C[C@@H]1NC(=O)[C@H](C)N(C)C(=O)C2CCCN2C(=O)[C@@H](NC(=O)[C@H](Cc2cc(F)cc(F)c2)NC(=O)Cc2ccc(OC(F)(F)F)cc2)[C@H](C)OC(=O)C2CCCN2C1=O. The first-order valence-corrected chi connectivity index (χ1v) is 19.0. The lowest BCUT2D eigenvalue weighted by Crippen LogP contribution is -2.62. The minimum atomic E-state index is -4.95. The van der Waals surface area contributed by atoms with Gasteiger partial charge in [0.15, 0.2) is 0 Å². The molecule has 6 amide bonds. The molecule has 3 saturated heterocycles. The molecule has 0 bridgehead atoms. The normalized spacial score (nSPS) is 25.2. The molecular weight excluding hydrogens is 791 g/mol. The standard InChI is InChI=1S/C39H45F5N6O9/c1-20-35(54)50-14-6-8-30(50)38(57)58-22(3)32(37(56)49-13-5-7-29(49)36(55)48(4)21(2)33(52)45-20)47-34(53)28(17-24-15-25(40)19-26(41)16-24)46-31(51)18-23-9-11-27(12-10-23)59-39(42,43)44/h9-12,15-16,19-22,28-30,32H,5-8,13-14,17-18H2,1-4H3,(H,45,52)(H,46,51)(H,47,53)/t20-,21-,22-,28-,29?,30?,32-/m0/s1. The van der Waals surface area contributed by atoms with Crippen LogP contribution in [0.25, 0.3) is 0 Å². The quantitative estimate of drug-likeness (QED) is 0.264. The molecule has 59 heavy (non-hydrogen) atoms. The molecule has 3 aliphatic heterocycles. The van der Waals surface area contributed by atoms with Crippen LogP contribution in [0.4, 0.5) is 22.0 Å². The average molecular weight is 837 g/mol. The second-order valence-electron chi connectivity index (χ2n) is 14.8. The molecule has 3 fully saturated rings. The van der Waals surface area contributed by atoms with Crippen molar-refractivity contribution in [1.82, 2.24) is 30.7 Å². The number of fused-ring (bicyclic) bond motifs is 2. The van der Waals surface area contributed by atoms with Crippen LogP contribution in [0, 0.1) is 11.6 Å². The molecule has 3 aliphatic rings. The van der Waals surface area contributed by atoms with Crippen LogP contribution in [0.2, 0.25) is 0 Å². The summed E-state index contributed by atoms with van der Waals surface area (Å²) in [5.41, 5.74) is 0.128. The van der Waals surface area contributed by atoms with Gasteiger partial charge in [-0.05, 0) is 81.8 Å². The van der Waals surface area contributed by atoms with Crippen LogP contribution in [0.5, 0.6) is 5.75 Å². The number of nitrogens with zero attached hydrogens (tertiary/aromatic N) is 3. The van der Waals surface area contributed by atoms with Gasteiger partial charge in [0.05, 0.1) is 6.42 Å². The number of ether oxygens (including phenoxy) is 2. The van der Waals surface area contributed by atoms with Crippen molar-refractivity contribution in [2.75, 3.05) is 20.1 Å². The minimum Gasteiger partial charge on any atom is -0.458 e. The maximum absolute atomic E-state index is 14.5. The van der Waals surface area contributed by atoms with Crippen LogP contribution in [0.3, 0.4) is 0 Å². The van der Waals surface area contributed by atoms with Crippen molar-refractivity contribution in [3.8, 4) is 5.75 Å². The van der Waals surface area contributed by atoms with Crippen LogP contribution < -0.4 is 20.7 Å². The van der Waals surface area contributed by atoms with Crippen molar-refractivity contribution in [2.24, 2.45) is 0 Å². The summed E-state index contributed by atoms with van der Waals surface area (Å²) in [7, 11) is 1.37. The van der Waals surface area contributed by atoms with Gasteiger partial charge in [-0.1, -0.05) is 12.1 Å². The van der Waals surface area contributed by atoms with Crippen LogP contribution in [0.1, 0.15) is 57.6 Å². The lowest BCUT2D eigenvalue weighted by Gasteiger charge is -2.36. The Kier molecular flexibility index (Phi) is 13.8. The summed E-state index contributed by atoms with van der Waals surface area (Å²) in [4.78, 5) is 99.8. The third-order valence-electron chi connectivity index (χ3n) is 10.5. The Balaban J connectivity index is 1.46. The molecule has 0 saturated carbocycles. The van der Waals surface area contributed by atoms with Crippen molar-refractivity contribution in [2.45, 2.75) is 108 Å². The average Bonchev–Trinajstić information content (AvgIpc) is 3.86. The summed E-state index contributed by atoms with van der Waals surface area (Å²) < 4.78 is 76.1. The van der Waals surface area contributed by atoms with Crippen molar-refractivity contribution >= 4 is 41.4 Å². The highest BCUT2D eigenvalue weighted by Crippen LogP contribution is 2.26. The van der Waals surface area contributed by atoms with Crippen LogP contribution >= 0.6 is 0 Å². The van der Waals surface area contributed by atoms with Gasteiger partial charge in [0.25, 0.3) is 0 Å². The van der Waals surface area contributed by atoms with Gasteiger partial charge in [0, 0.05) is 32.6 Å². The van der Waals surface area contributed by atoms with E-state index >= 15 is 0 Å². The zero-order chi connectivity index (χ0) is 43.3. The third kappa shape index (κ3) is 11.0. The number of likely N-dealkylation sites (N-methyl/N-ethyl adjacent to an activating group) is 1. The van der Waals surface area contributed by atoms with Crippen LogP contribution in [0.15, 0.2) is 42.5 Å². The summed E-state index contributed by atoms with van der Waals surface area (Å²) in [5, 5.41) is 7.57. The van der Waals surface area contributed by atoms with Gasteiger partial charge in [-0.25, -0.2) is 13.6 Å². The monoisotopic (exact) mass is 836 g/mol. The van der Waals surface area contributed by atoms with Gasteiger partial charge in [0.2, 0.25) is 35.4 Å². The molecule has 7 atom stereocenters. The Hall–Kier alpha value is -5.82. The first-order chi connectivity index (χ1) is 27.7.